The fraction of sp³-hybridized carbons (Fsp3) is 0.621. The Labute approximate surface area is 236 Å². The van der Waals surface area contributed by atoms with E-state index in [-0.39, 0.29) is 49.4 Å². The zero-order valence-corrected chi connectivity index (χ0v) is 24.7. The van der Waals surface area contributed by atoms with Gasteiger partial charge in [0.2, 0.25) is 11.8 Å². The van der Waals surface area contributed by atoms with Gasteiger partial charge in [0.15, 0.2) is 13.9 Å². The summed E-state index contributed by atoms with van der Waals surface area (Å²) >= 11 is 0. The van der Waals surface area contributed by atoms with Gasteiger partial charge in [0, 0.05) is 35.8 Å². The molecule has 0 radical (unpaired) electrons. The van der Waals surface area contributed by atoms with Crippen LogP contribution >= 0.6 is 0 Å². The van der Waals surface area contributed by atoms with Crippen LogP contribution in [0.2, 0.25) is 18.6 Å². The van der Waals surface area contributed by atoms with Gasteiger partial charge in [-0.2, -0.15) is 0 Å². The van der Waals surface area contributed by atoms with Crippen LogP contribution in [0, 0.1) is 5.92 Å². The molecular formula is C29H42N4O6Si. The Morgan fingerprint density at radius 3 is 2.73 bits per heavy atom. The number of hydrogen-bond acceptors (Lipinski definition) is 7. The first kappa shape index (κ1) is 28.9. The lowest BCUT2D eigenvalue weighted by atomic mass is 9.82. The topological polar surface area (TPSA) is 131 Å². The van der Waals surface area contributed by atoms with Crippen molar-refractivity contribution in [2.75, 3.05) is 36.5 Å². The molecule has 40 heavy (non-hydrogen) atoms. The molecular weight excluding hydrogens is 528 g/mol. The van der Waals surface area contributed by atoms with Gasteiger partial charge in [-0.25, -0.2) is 0 Å². The van der Waals surface area contributed by atoms with Crippen molar-refractivity contribution in [3.8, 4) is 0 Å². The number of anilines is 2. The number of nitrogens with one attached hydrogen (secondary N) is 2. The number of carbonyl (C=O) groups excluding carboxylic acids is 3. The van der Waals surface area contributed by atoms with E-state index < -0.39 is 31.5 Å². The van der Waals surface area contributed by atoms with Crippen LogP contribution < -0.4 is 15.5 Å². The minimum atomic E-state index is -2.94. The number of ether oxygens (including phenoxy) is 1. The molecule has 4 N–H and O–H groups in total. The molecule has 1 spiro atoms. The normalized spacial score (nSPS) is 31.7. The molecule has 3 saturated heterocycles. The summed E-state index contributed by atoms with van der Waals surface area (Å²) in [6.07, 6.45) is 4.32. The average Bonchev–Trinajstić information content (AvgIpc) is 3.68. The summed E-state index contributed by atoms with van der Waals surface area (Å²) in [5.74, 6) is -0.919. The van der Waals surface area contributed by atoms with Crippen LogP contribution in [0.25, 0.3) is 0 Å². The maximum Gasteiger partial charge on any atom is 0.264 e. The average molecular weight is 571 g/mol. The number of amides is 3. The highest BCUT2D eigenvalue weighted by molar-refractivity contribution is 6.71. The Morgan fingerprint density at radius 1 is 1.30 bits per heavy atom. The van der Waals surface area contributed by atoms with E-state index in [2.05, 4.69) is 17.2 Å². The van der Waals surface area contributed by atoms with Crippen molar-refractivity contribution >= 4 is 37.4 Å². The summed E-state index contributed by atoms with van der Waals surface area (Å²) in [5.41, 5.74) is 0.0797. The van der Waals surface area contributed by atoms with E-state index in [4.69, 9.17) is 4.74 Å². The molecule has 1 aromatic carbocycles. The summed E-state index contributed by atoms with van der Waals surface area (Å²) < 4.78 is 6.75. The molecule has 5 rings (SSSR count). The zero-order chi connectivity index (χ0) is 28.8. The fourth-order valence-corrected chi connectivity index (χ4v) is 10.0. The largest absolute Gasteiger partial charge is 0.432 e. The summed E-state index contributed by atoms with van der Waals surface area (Å²) in [6, 6.07) is 4.96. The number of rotatable bonds is 8. The van der Waals surface area contributed by atoms with Crippen molar-refractivity contribution in [1.29, 1.82) is 0 Å². The van der Waals surface area contributed by atoms with Gasteiger partial charge in [0.05, 0.1) is 36.9 Å². The monoisotopic (exact) mass is 570 g/mol. The second kappa shape index (κ2) is 11.0. The smallest absolute Gasteiger partial charge is 0.264 e. The van der Waals surface area contributed by atoms with Crippen LogP contribution in [-0.2, 0) is 24.7 Å². The van der Waals surface area contributed by atoms with E-state index in [1.165, 1.54) is 0 Å². The molecule has 4 aliphatic heterocycles. The van der Waals surface area contributed by atoms with E-state index in [1.807, 2.05) is 32.2 Å². The molecule has 10 nitrogen and oxygen atoms in total. The van der Waals surface area contributed by atoms with Gasteiger partial charge >= 0.3 is 0 Å². The Hall–Kier alpha value is -2.57. The number of fused-ring (bicyclic) bond motifs is 2. The Balaban J connectivity index is 1.52. The van der Waals surface area contributed by atoms with Gasteiger partial charge < -0.3 is 35.1 Å². The van der Waals surface area contributed by atoms with E-state index in [9.17, 15) is 24.3 Å². The minimum Gasteiger partial charge on any atom is -0.432 e. The maximum absolute atomic E-state index is 14.2. The van der Waals surface area contributed by atoms with Crippen LogP contribution in [-0.4, -0.2) is 85.3 Å². The maximum atomic E-state index is 14.2. The molecule has 0 bridgehead atoms. The van der Waals surface area contributed by atoms with Gasteiger partial charge in [-0.3, -0.25) is 14.4 Å². The van der Waals surface area contributed by atoms with Gasteiger partial charge in [0.25, 0.3) is 5.91 Å². The van der Waals surface area contributed by atoms with Crippen molar-refractivity contribution in [3.05, 3.63) is 36.4 Å². The van der Waals surface area contributed by atoms with Gasteiger partial charge in [-0.05, 0) is 63.5 Å². The van der Waals surface area contributed by atoms with Gasteiger partial charge in [0.1, 0.15) is 0 Å². The van der Waals surface area contributed by atoms with Crippen LogP contribution in [0.5, 0.6) is 0 Å². The molecule has 3 fully saturated rings. The summed E-state index contributed by atoms with van der Waals surface area (Å²) in [4.78, 5) is 55.4. The van der Waals surface area contributed by atoms with Gasteiger partial charge in [-0.1, -0.05) is 13.0 Å². The van der Waals surface area contributed by atoms with E-state index in [0.29, 0.717) is 23.5 Å². The Kier molecular flexibility index (Phi) is 7.97. The lowest BCUT2D eigenvalue weighted by Crippen LogP contribution is -2.46. The predicted octanol–water partition coefficient (Wildman–Crippen LogP) is 2.08. The van der Waals surface area contributed by atoms with E-state index in [1.54, 1.807) is 21.9 Å². The highest BCUT2D eigenvalue weighted by Gasteiger charge is 2.66. The van der Waals surface area contributed by atoms with Crippen LogP contribution in [0.3, 0.4) is 0 Å². The van der Waals surface area contributed by atoms with Crippen LogP contribution in [0.1, 0.15) is 44.6 Å². The van der Waals surface area contributed by atoms with E-state index in [0.717, 1.165) is 32.2 Å². The zero-order valence-electron chi connectivity index (χ0n) is 23.7. The summed E-state index contributed by atoms with van der Waals surface area (Å²) in [6.45, 7) is 11.0. The van der Waals surface area contributed by atoms with Crippen molar-refractivity contribution in [1.82, 2.24) is 10.2 Å². The molecule has 11 heteroatoms. The summed E-state index contributed by atoms with van der Waals surface area (Å²) in [7, 11) is -2.94. The molecule has 218 valence electrons. The second-order valence-electron chi connectivity index (χ2n) is 12.2. The highest BCUT2D eigenvalue weighted by Crippen LogP contribution is 2.60. The van der Waals surface area contributed by atoms with Crippen molar-refractivity contribution in [2.45, 2.75) is 81.5 Å². The first-order valence-corrected chi connectivity index (χ1v) is 17.5. The van der Waals surface area contributed by atoms with Crippen molar-refractivity contribution in [3.63, 3.8) is 0 Å². The minimum absolute atomic E-state index is 0.0259. The standard InChI is InChI=1S/C29H42N4O6Si/c1-5-13-33-23-11-10-19(31-27(36)22-9-6-12-30-22)15-21(23)29(28(33)37)18(2)26(40(3,4)38)24(39-29)16-25(35)32-14-7-8-20(32)17-34/h5,10-11,15,18,20,22,24,26,30,34,38H,1,6-9,12-14,16-17H2,2-4H3,(H,31,36)/t18-,20+,22-,24+,26-,29+/m1/s1. The first-order chi connectivity index (χ1) is 19.0. The third-order valence-corrected chi connectivity index (χ3v) is 11.7. The molecule has 0 aromatic heterocycles. The van der Waals surface area contributed by atoms with Gasteiger partial charge in [-0.15, -0.1) is 6.58 Å². The molecule has 3 amide bonds. The molecule has 4 heterocycles. The number of nitrogens with zero attached hydrogens (tertiary/aromatic N) is 2. The molecule has 0 saturated carbocycles. The van der Waals surface area contributed by atoms with Crippen LogP contribution in [0.15, 0.2) is 30.9 Å². The number of aliphatic hydroxyl groups excluding tert-OH is 1. The Morgan fingerprint density at radius 2 is 2.08 bits per heavy atom. The fourth-order valence-electron chi connectivity index (χ4n) is 7.45. The molecule has 0 aliphatic carbocycles. The predicted molar refractivity (Wildman–Crippen MR) is 154 cm³/mol. The number of aliphatic hydroxyl groups is 1. The van der Waals surface area contributed by atoms with Crippen molar-refractivity contribution < 1.29 is 29.0 Å². The number of benzene rings is 1. The van der Waals surface area contributed by atoms with E-state index >= 15 is 0 Å². The molecule has 4 aliphatic rings. The summed E-state index contributed by atoms with van der Waals surface area (Å²) in [5, 5.41) is 16.0. The molecule has 6 atom stereocenters. The molecule has 1 aromatic rings. The lowest BCUT2D eigenvalue weighted by Gasteiger charge is -2.32. The number of likely N-dealkylation sites (tertiary alicyclic amines) is 1. The lowest BCUT2D eigenvalue weighted by molar-refractivity contribution is -0.149. The Bertz CT molecular complexity index is 1180. The second-order valence-corrected chi connectivity index (χ2v) is 16.2. The van der Waals surface area contributed by atoms with Crippen molar-refractivity contribution in [2.24, 2.45) is 5.92 Å². The quantitative estimate of drug-likeness (QED) is 0.278. The SMILES string of the molecule is C=CCN1C(=O)[C@@]2(O[C@@H](CC(=O)N3CCC[C@H]3CO)[C@H]([Si](C)(C)O)[C@H]2C)c2cc(NC(=O)[C@H]3CCCN3)ccc21. The number of carbonyl (C=O) groups is 3. The van der Waals surface area contributed by atoms with Crippen LogP contribution in [0.4, 0.5) is 11.4 Å². The highest BCUT2D eigenvalue weighted by atomic mass is 28.4. The molecule has 0 unspecified atom stereocenters. The first-order valence-electron chi connectivity index (χ1n) is 14.4. The number of hydrogen-bond donors (Lipinski definition) is 4. The third-order valence-electron chi connectivity index (χ3n) is 9.22. The third kappa shape index (κ3) is 4.81.